The van der Waals surface area contributed by atoms with Gasteiger partial charge in [0.25, 0.3) is 17.9 Å². The summed E-state index contributed by atoms with van der Waals surface area (Å²) >= 11 is 6.19. The van der Waals surface area contributed by atoms with E-state index in [2.05, 4.69) is 15.6 Å². The Morgan fingerprint density at radius 3 is 2.46 bits per heavy atom. The maximum absolute atomic E-state index is 14.1. The molecule has 0 fully saturated rings. The molecule has 2 aromatic heterocycles. The fourth-order valence-corrected chi connectivity index (χ4v) is 3.96. The van der Waals surface area contributed by atoms with Crippen LogP contribution < -0.4 is 21.3 Å². The zero-order valence-electron chi connectivity index (χ0n) is 20.4. The Morgan fingerprint density at radius 1 is 1.10 bits per heavy atom. The van der Waals surface area contributed by atoms with Crippen molar-refractivity contribution in [1.29, 1.82) is 0 Å². The Hall–Kier alpha value is -4.65. The number of nitrogens with one attached hydrogen (secondary N) is 1. The van der Waals surface area contributed by atoms with Crippen LogP contribution in [0.2, 0.25) is 5.02 Å². The van der Waals surface area contributed by atoms with Gasteiger partial charge in [0, 0.05) is 27.9 Å². The second-order valence-electron chi connectivity index (χ2n) is 8.28. The zero-order valence-corrected chi connectivity index (χ0v) is 21.1. The molecule has 0 spiro atoms. The minimum atomic E-state index is -2.84. The van der Waals surface area contributed by atoms with Crippen LogP contribution in [0.3, 0.4) is 0 Å². The highest BCUT2D eigenvalue weighted by Crippen LogP contribution is 2.35. The van der Waals surface area contributed by atoms with Crippen LogP contribution in [-0.4, -0.2) is 38.5 Å². The lowest BCUT2D eigenvalue weighted by molar-refractivity contribution is -0.118. The Kier molecular flexibility index (Phi) is 7.72. The Bertz CT molecular complexity index is 1640. The highest BCUT2D eigenvalue weighted by molar-refractivity contribution is 6.31. The third-order valence-electron chi connectivity index (χ3n) is 5.79. The number of rotatable bonds is 8. The first-order chi connectivity index (χ1) is 18.5. The van der Waals surface area contributed by atoms with E-state index in [1.54, 1.807) is 0 Å². The third kappa shape index (κ3) is 5.62. The molecule has 0 radical (unpaired) electrons. The Labute approximate surface area is 223 Å². The molecule has 0 saturated carbocycles. The molecule has 0 aliphatic carbocycles. The van der Waals surface area contributed by atoms with E-state index in [4.69, 9.17) is 22.1 Å². The van der Waals surface area contributed by atoms with E-state index in [1.165, 1.54) is 50.6 Å². The van der Waals surface area contributed by atoms with Gasteiger partial charge in [-0.3, -0.25) is 19.0 Å². The summed E-state index contributed by atoms with van der Waals surface area (Å²) < 4.78 is 47.9. The lowest BCUT2D eigenvalue weighted by atomic mass is 10.0. The molecule has 4 aromatic rings. The van der Waals surface area contributed by atoms with E-state index in [0.29, 0.717) is 11.3 Å². The van der Waals surface area contributed by atoms with Gasteiger partial charge in [0.2, 0.25) is 5.91 Å². The molecule has 202 valence electrons. The molecule has 0 aliphatic heterocycles. The van der Waals surface area contributed by atoms with E-state index in [-0.39, 0.29) is 27.6 Å². The number of primary amides is 1. The minimum absolute atomic E-state index is 0.0468. The molecule has 0 bridgehead atoms. The molecule has 39 heavy (non-hydrogen) atoms. The van der Waals surface area contributed by atoms with Crippen LogP contribution in [0.25, 0.3) is 16.8 Å². The first-order valence-corrected chi connectivity index (χ1v) is 11.6. The number of alkyl halides is 2. The van der Waals surface area contributed by atoms with E-state index in [0.717, 1.165) is 27.6 Å². The number of hydrogen-bond donors (Lipinski definition) is 2. The van der Waals surface area contributed by atoms with Crippen LogP contribution in [-0.2, 0) is 4.79 Å². The van der Waals surface area contributed by atoms with Gasteiger partial charge in [-0.2, -0.15) is 0 Å². The van der Waals surface area contributed by atoms with Crippen LogP contribution in [0, 0.1) is 5.82 Å². The SMILES string of the molecule is COc1cn(C(C)C(=O)Nc2ccc(C(N)=O)c(F)c2)c(=O)cc1-c1cc(Cl)ccc1-n1cc(C(F)F)nn1. The van der Waals surface area contributed by atoms with Crippen molar-refractivity contribution in [3.63, 3.8) is 0 Å². The lowest BCUT2D eigenvalue weighted by Crippen LogP contribution is -2.31. The number of pyridine rings is 1. The molecular weight excluding hydrogens is 541 g/mol. The molecule has 2 amide bonds. The van der Waals surface area contributed by atoms with Crippen LogP contribution in [0.15, 0.2) is 59.7 Å². The normalized spacial score (nSPS) is 11.9. The van der Waals surface area contributed by atoms with Gasteiger partial charge < -0.3 is 15.8 Å². The first kappa shape index (κ1) is 27.4. The van der Waals surface area contributed by atoms with Gasteiger partial charge in [-0.15, -0.1) is 5.10 Å². The molecule has 1 unspecified atom stereocenters. The standard InChI is InChI=1S/C25H20ClF3N6O4/c1-12(25(38)31-14-4-5-15(24(30)37)18(27)8-14)34-11-21(39-2)17(9-22(34)36)16-7-13(26)3-6-20(16)35-10-19(23(28)29)32-33-35/h3-12,23H,1-2H3,(H2,30,37)(H,31,38). The number of methoxy groups -OCH3 is 1. The monoisotopic (exact) mass is 560 g/mol. The quantitative estimate of drug-likeness (QED) is 0.333. The lowest BCUT2D eigenvalue weighted by Gasteiger charge is -2.19. The average Bonchev–Trinajstić information content (AvgIpc) is 3.38. The first-order valence-electron chi connectivity index (χ1n) is 11.2. The Balaban J connectivity index is 1.70. The van der Waals surface area contributed by atoms with Crippen LogP contribution in [0.1, 0.15) is 35.4 Å². The highest BCUT2D eigenvalue weighted by atomic mass is 35.5. The molecule has 2 aromatic carbocycles. The predicted molar refractivity (Wildman–Crippen MR) is 136 cm³/mol. The zero-order chi connectivity index (χ0) is 28.4. The van der Waals surface area contributed by atoms with Crippen molar-refractivity contribution in [1.82, 2.24) is 19.6 Å². The number of carbonyl (C=O) groups is 2. The summed E-state index contributed by atoms with van der Waals surface area (Å²) in [6.45, 7) is 1.44. The number of carbonyl (C=O) groups excluding carboxylic acids is 2. The molecule has 1 atom stereocenters. The van der Waals surface area contributed by atoms with Crippen molar-refractivity contribution in [2.75, 3.05) is 12.4 Å². The number of hydrogen-bond acceptors (Lipinski definition) is 6. The number of nitrogens with two attached hydrogens (primary N) is 1. The molecule has 0 aliphatic rings. The largest absolute Gasteiger partial charge is 0.495 e. The number of anilines is 1. The maximum atomic E-state index is 14.1. The highest BCUT2D eigenvalue weighted by Gasteiger charge is 2.22. The average molecular weight is 561 g/mol. The van der Waals surface area contributed by atoms with Gasteiger partial charge >= 0.3 is 0 Å². The number of halogens is 4. The van der Waals surface area contributed by atoms with E-state index < -0.39 is 41.4 Å². The van der Waals surface area contributed by atoms with E-state index >= 15 is 0 Å². The number of aromatic nitrogens is 4. The Morgan fingerprint density at radius 2 is 1.85 bits per heavy atom. The van der Waals surface area contributed by atoms with Crippen molar-refractivity contribution in [3.05, 3.63) is 87.3 Å². The van der Waals surface area contributed by atoms with Gasteiger partial charge in [-0.25, -0.2) is 17.9 Å². The predicted octanol–water partition coefficient (Wildman–Crippen LogP) is 4.13. The van der Waals surface area contributed by atoms with Gasteiger partial charge in [0.1, 0.15) is 23.3 Å². The maximum Gasteiger partial charge on any atom is 0.283 e. The summed E-state index contributed by atoms with van der Waals surface area (Å²) in [4.78, 5) is 37.2. The number of ether oxygens (including phenoxy) is 1. The molecule has 2 heterocycles. The molecule has 4 rings (SSSR count). The summed E-state index contributed by atoms with van der Waals surface area (Å²) in [6.07, 6.45) is -0.482. The smallest absolute Gasteiger partial charge is 0.283 e. The summed E-state index contributed by atoms with van der Waals surface area (Å²) in [7, 11) is 1.34. The molecule has 10 nitrogen and oxygen atoms in total. The summed E-state index contributed by atoms with van der Waals surface area (Å²) in [5, 5.41) is 9.97. The molecule has 3 N–H and O–H groups in total. The molecule has 0 saturated heterocycles. The molecule has 14 heteroatoms. The van der Waals surface area contributed by atoms with Crippen molar-refractivity contribution < 1.29 is 27.5 Å². The number of benzene rings is 2. The van der Waals surface area contributed by atoms with Crippen molar-refractivity contribution in [3.8, 4) is 22.6 Å². The second kappa shape index (κ2) is 11.0. The van der Waals surface area contributed by atoms with Crippen LogP contribution in [0.5, 0.6) is 5.75 Å². The van der Waals surface area contributed by atoms with Crippen molar-refractivity contribution in [2.24, 2.45) is 5.73 Å². The number of nitrogens with zero attached hydrogens (tertiary/aromatic N) is 4. The van der Waals surface area contributed by atoms with E-state index in [9.17, 15) is 27.6 Å². The topological polar surface area (TPSA) is 134 Å². The third-order valence-corrected chi connectivity index (χ3v) is 6.03. The van der Waals surface area contributed by atoms with Crippen LogP contribution in [0.4, 0.5) is 18.9 Å². The van der Waals surface area contributed by atoms with Gasteiger partial charge in [0.15, 0.2) is 0 Å². The minimum Gasteiger partial charge on any atom is -0.495 e. The summed E-state index contributed by atoms with van der Waals surface area (Å²) in [5.74, 6) is -2.38. The number of amides is 2. The molecular formula is C25H20ClF3N6O4. The van der Waals surface area contributed by atoms with E-state index in [1.807, 2.05) is 0 Å². The van der Waals surface area contributed by atoms with Crippen LogP contribution >= 0.6 is 11.6 Å². The van der Waals surface area contributed by atoms with Gasteiger partial charge in [-0.1, -0.05) is 16.8 Å². The van der Waals surface area contributed by atoms with Crippen molar-refractivity contribution >= 4 is 29.1 Å². The fraction of sp³-hybridized carbons (Fsp3) is 0.160. The van der Waals surface area contributed by atoms with Gasteiger partial charge in [0.05, 0.1) is 30.8 Å². The van der Waals surface area contributed by atoms with Crippen molar-refractivity contribution in [2.45, 2.75) is 19.4 Å². The fourth-order valence-electron chi connectivity index (χ4n) is 3.79. The summed E-state index contributed by atoms with van der Waals surface area (Å²) in [5.41, 5.74) is 4.52. The summed E-state index contributed by atoms with van der Waals surface area (Å²) in [6, 6.07) is 8.01. The second-order valence-corrected chi connectivity index (χ2v) is 8.71. The van der Waals surface area contributed by atoms with Gasteiger partial charge in [-0.05, 0) is 43.3 Å².